The fraction of sp³-hybridized carbons (Fsp3) is 0.231. The lowest BCUT2D eigenvalue weighted by molar-refractivity contribution is 0.0984. The molecule has 0 fully saturated rings. The molecule has 0 radical (unpaired) electrons. The molecule has 2 rings (SSSR count). The second-order valence-electron chi connectivity index (χ2n) is 3.90. The van der Waals surface area contributed by atoms with E-state index in [0.717, 1.165) is 10.7 Å². The molecular weight excluding hydrogens is 246 g/mol. The predicted molar refractivity (Wildman–Crippen MR) is 75.1 cm³/mol. The molecule has 1 aromatic heterocycles. The Morgan fingerprint density at radius 1 is 1.50 bits per heavy atom. The van der Waals surface area contributed by atoms with E-state index in [2.05, 4.69) is 4.98 Å². The van der Waals surface area contributed by atoms with E-state index in [1.807, 2.05) is 26.0 Å². The molecule has 0 aliphatic carbocycles. The van der Waals surface area contributed by atoms with E-state index in [9.17, 15) is 4.79 Å². The van der Waals surface area contributed by atoms with E-state index in [0.29, 0.717) is 17.9 Å². The van der Waals surface area contributed by atoms with Gasteiger partial charge < -0.3 is 10.6 Å². The number of carbonyl (C=O) groups excluding carboxylic acids is 1. The minimum Gasteiger partial charge on any atom is -0.399 e. The van der Waals surface area contributed by atoms with Gasteiger partial charge in [0.05, 0.1) is 5.01 Å². The number of nitrogens with two attached hydrogens (primary N) is 1. The zero-order chi connectivity index (χ0) is 13.1. The lowest BCUT2D eigenvalue weighted by atomic mass is 10.2. The van der Waals surface area contributed by atoms with Crippen molar-refractivity contribution < 1.29 is 4.79 Å². The van der Waals surface area contributed by atoms with Crippen LogP contribution in [0.3, 0.4) is 0 Å². The molecule has 0 bridgehead atoms. The van der Waals surface area contributed by atoms with Crippen molar-refractivity contribution in [2.24, 2.45) is 0 Å². The summed E-state index contributed by atoms with van der Waals surface area (Å²) in [6, 6.07) is 7.30. The number of benzene rings is 1. The molecule has 2 aromatic rings. The van der Waals surface area contributed by atoms with Crippen LogP contribution in [-0.4, -0.2) is 17.4 Å². The molecule has 0 spiro atoms. The summed E-state index contributed by atoms with van der Waals surface area (Å²) in [5, 5.41) is 2.68. The monoisotopic (exact) mass is 261 g/mol. The van der Waals surface area contributed by atoms with Gasteiger partial charge in [-0.05, 0) is 32.0 Å². The van der Waals surface area contributed by atoms with Gasteiger partial charge in [0.15, 0.2) is 0 Å². The average molecular weight is 261 g/mol. The normalized spacial score (nSPS) is 10.3. The number of hydrogen-bond donors (Lipinski definition) is 1. The van der Waals surface area contributed by atoms with Crippen molar-refractivity contribution in [3.63, 3.8) is 0 Å². The third-order valence-corrected chi connectivity index (χ3v) is 3.35. The number of nitrogen functional groups attached to an aromatic ring is 1. The summed E-state index contributed by atoms with van der Waals surface area (Å²) < 4.78 is 0. The lowest BCUT2D eigenvalue weighted by Crippen LogP contribution is -2.30. The van der Waals surface area contributed by atoms with Crippen LogP contribution in [0.5, 0.6) is 0 Å². The molecule has 2 N–H and O–H groups in total. The molecular formula is C13H15N3OS. The maximum absolute atomic E-state index is 12.3. The Labute approximate surface area is 110 Å². The van der Waals surface area contributed by atoms with Crippen molar-refractivity contribution in [3.8, 4) is 0 Å². The van der Waals surface area contributed by atoms with E-state index in [1.54, 1.807) is 22.4 Å². The van der Waals surface area contributed by atoms with E-state index in [-0.39, 0.29) is 5.91 Å². The summed E-state index contributed by atoms with van der Waals surface area (Å²) in [7, 11) is 0. The number of aromatic nitrogens is 1. The predicted octanol–water partition coefficient (Wildman–Crippen LogP) is 2.70. The first-order valence-corrected chi connectivity index (χ1v) is 6.59. The lowest BCUT2D eigenvalue weighted by Gasteiger charge is -2.20. The van der Waals surface area contributed by atoms with Gasteiger partial charge in [0.25, 0.3) is 5.91 Å². The SMILES string of the molecule is CCN(C(=O)c1csc(C)n1)c1cccc(N)c1. The average Bonchev–Trinajstić information content (AvgIpc) is 2.77. The maximum atomic E-state index is 12.3. The summed E-state index contributed by atoms with van der Waals surface area (Å²) in [5.41, 5.74) is 7.68. The molecule has 5 heteroatoms. The van der Waals surface area contributed by atoms with Crippen molar-refractivity contribution in [2.45, 2.75) is 13.8 Å². The molecule has 0 aliphatic heterocycles. The molecule has 1 aromatic carbocycles. The Bertz CT molecular complexity index is 565. The first-order chi connectivity index (χ1) is 8.61. The van der Waals surface area contributed by atoms with Gasteiger partial charge in [0.2, 0.25) is 0 Å². The Hall–Kier alpha value is -1.88. The van der Waals surface area contributed by atoms with Crippen LogP contribution in [0.25, 0.3) is 0 Å². The second-order valence-corrected chi connectivity index (χ2v) is 4.96. The molecule has 94 valence electrons. The molecule has 0 unspecified atom stereocenters. The number of anilines is 2. The minimum absolute atomic E-state index is 0.0903. The zero-order valence-electron chi connectivity index (χ0n) is 10.4. The number of amides is 1. The Morgan fingerprint density at radius 2 is 2.28 bits per heavy atom. The van der Waals surface area contributed by atoms with Crippen LogP contribution in [0.1, 0.15) is 22.4 Å². The molecule has 18 heavy (non-hydrogen) atoms. The van der Waals surface area contributed by atoms with Crippen molar-refractivity contribution in [1.29, 1.82) is 0 Å². The quantitative estimate of drug-likeness (QED) is 0.864. The topological polar surface area (TPSA) is 59.2 Å². The Kier molecular flexibility index (Phi) is 3.62. The fourth-order valence-corrected chi connectivity index (χ4v) is 2.32. The van der Waals surface area contributed by atoms with Crippen LogP contribution in [-0.2, 0) is 0 Å². The van der Waals surface area contributed by atoms with Gasteiger partial charge in [-0.25, -0.2) is 4.98 Å². The number of hydrogen-bond acceptors (Lipinski definition) is 4. The summed E-state index contributed by atoms with van der Waals surface area (Å²) in [6.45, 7) is 4.40. The molecule has 0 atom stereocenters. The van der Waals surface area contributed by atoms with Gasteiger partial charge in [0.1, 0.15) is 5.69 Å². The molecule has 0 aliphatic rings. The number of nitrogens with zero attached hydrogens (tertiary/aromatic N) is 2. The van der Waals surface area contributed by atoms with Gasteiger partial charge in [-0.1, -0.05) is 6.07 Å². The molecule has 0 saturated carbocycles. The van der Waals surface area contributed by atoms with Crippen LogP contribution >= 0.6 is 11.3 Å². The Balaban J connectivity index is 2.31. The third kappa shape index (κ3) is 2.51. The summed E-state index contributed by atoms with van der Waals surface area (Å²) in [4.78, 5) is 18.2. The van der Waals surface area contributed by atoms with Crippen molar-refractivity contribution in [3.05, 3.63) is 40.3 Å². The molecule has 4 nitrogen and oxygen atoms in total. The van der Waals surface area contributed by atoms with Crippen LogP contribution in [0.4, 0.5) is 11.4 Å². The second kappa shape index (κ2) is 5.18. The van der Waals surface area contributed by atoms with Crippen molar-refractivity contribution >= 4 is 28.6 Å². The highest BCUT2D eigenvalue weighted by molar-refractivity contribution is 7.09. The van der Waals surface area contributed by atoms with Gasteiger partial charge in [-0.2, -0.15) is 0 Å². The van der Waals surface area contributed by atoms with Crippen LogP contribution in [0.15, 0.2) is 29.6 Å². The first kappa shape index (κ1) is 12.6. The molecule has 1 heterocycles. The van der Waals surface area contributed by atoms with Crippen molar-refractivity contribution in [2.75, 3.05) is 17.2 Å². The van der Waals surface area contributed by atoms with Gasteiger partial charge in [-0.3, -0.25) is 4.79 Å². The number of thiazole rings is 1. The van der Waals surface area contributed by atoms with Gasteiger partial charge >= 0.3 is 0 Å². The van der Waals surface area contributed by atoms with E-state index in [4.69, 9.17) is 5.73 Å². The minimum atomic E-state index is -0.0903. The smallest absolute Gasteiger partial charge is 0.277 e. The summed E-state index contributed by atoms with van der Waals surface area (Å²) in [6.07, 6.45) is 0. The Morgan fingerprint density at radius 3 is 2.83 bits per heavy atom. The van der Waals surface area contributed by atoms with Gasteiger partial charge in [-0.15, -0.1) is 11.3 Å². The first-order valence-electron chi connectivity index (χ1n) is 5.71. The van der Waals surface area contributed by atoms with Crippen LogP contribution < -0.4 is 10.6 Å². The highest BCUT2D eigenvalue weighted by atomic mass is 32.1. The maximum Gasteiger partial charge on any atom is 0.277 e. The van der Waals surface area contributed by atoms with E-state index in [1.165, 1.54) is 11.3 Å². The number of aryl methyl sites for hydroxylation is 1. The van der Waals surface area contributed by atoms with Crippen LogP contribution in [0, 0.1) is 6.92 Å². The van der Waals surface area contributed by atoms with E-state index < -0.39 is 0 Å². The number of rotatable bonds is 3. The van der Waals surface area contributed by atoms with Crippen LogP contribution in [0.2, 0.25) is 0 Å². The zero-order valence-corrected chi connectivity index (χ0v) is 11.2. The third-order valence-electron chi connectivity index (χ3n) is 2.58. The summed E-state index contributed by atoms with van der Waals surface area (Å²) >= 11 is 1.48. The highest BCUT2D eigenvalue weighted by Gasteiger charge is 2.18. The van der Waals surface area contributed by atoms with Gasteiger partial charge in [0, 0.05) is 23.3 Å². The van der Waals surface area contributed by atoms with E-state index >= 15 is 0 Å². The van der Waals surface area contributed by atoms with Crippen molar-refractivity contribution in [1.82, 2.24) is 4.98 Å². The fourth-order valence-electron chi connectivity index (χ4n) is 1.74. The standard InChI is InChI=1S/C13H15N3OS/c1-3-16(11-6-4-5-10(14)7-11)13(17)12-8-18-9(2)15-12/h4-8H,3,14H2,1-2H3. The number of carbonyl (C=O) groups is 1. The largest absolute Gasteiger partial charge is 0.399 e. The summed E-state index contributed by atoms with van der Waals surface area (Å²) in [5.74, 6) is -0.0903. The molecule has 0 saturated heterocycles. The molecule has 1 amide bonds. The highest BCUT2D eigenvalue weighted by Crippen LogP contribution is 2.20.